The van der Waals surface area contributed by atoms with Gasteiger partial charge in [0.25, 0.3) is 0 Å². The maximum Gasteiger partial charge on any atom is 0.123 e. The lowest BCUT2D eigenvalue weighted by Gasteiger charge is -2.26. The molecule has 3 heteroatoms. The van der Waals surface area contributed by atoms with Crippen molar-refractivity contribution in [2.24, 2.45) is 7.05 Å². The largest absolute Gasteiger partial charge is 0.382 e. The SMILES string of the molecule is Cn1ccc(C(O)c2ccc(C3CCC3)cc2)n1. The molecule has 1 fully saturated rings. The van der Waals surface area contributed by atoms with Crippen LogP contribution in [0.1, 0.15) is 48.1 Å². The summed E-state index contributed by atoms with van der Waals surface area (Å²) in [7, 11) is 1.86. The first-order chi connectivity index (χ1) is 8.74. The van der Waals surface area contributed by atoms with Gasteiger partial charge in [-0.15, -0.1) is 0 Å². The number of aryl methyl sites for hydroxylation is 1. The van der Waals surface area contributed by atoms with E-state index in [1.54, 1.807) is 4.68 Å². The Kier molecular flexibility index (Phi) is 2.92. The zero-order valence-electron chi connectivity index (χ0n) is 10.6. The summed E-state index contributed by atoms with van der Waals surface area (Å²) < 4.78 is 1.71. The highest BCUT2D eigenvalue weighted by atomic mass is 16.3. The van der Waals surface area contributed by atoms with Crippen molar-refractivity contribution in [1.82, 2.24) is 9.78 Å². The molecule has 3 nitrogen and oxygen atoms in total. The Labute approximate surface area is 107 Å². The van der Waals surface area contributed by atoms with E-state index in [1.165, 1.54) is 24.8 Å². The minimum absolute atomic E-state index is 0.623. The second-order valence-corrected chi connectivity index (χ2v) is 5.11. The van der Waals surface area contributed by atoms with E-state index in [0.29, 0.717) is 5.69 Å². The van der Waals surface area contributed by atoms with Crippen molar-refractivity contribution in [2.75, 3.05) is 0 Å². The van der Waals surface area contributed by atoms with Crippen molar-refractivity contribution in [2.45, 2.75) is 31.3 Å². The topological polar surface area (TPSA) is 38.0 Å². The average molecular weight is 242 g/mol. The molecule has 0 saturated heterocycles. The number of hydrogen-bond acceptors (Lipinski definition) is 2. The fourth-order valence-corrected chi connectivity index (χ4v) is 2.44. The van der Waals surface area contributed by atoms with E-state index >= 15 is 0 Å². The maximum absolute atomic E-state index is 10.2. The van der Waals surface area contributed by atoms with Crippen LogP contribution < -0.4 is 0 Å². The van der Waals surface area contributed by atoms with E-state index in [0.717, 1.165) is 11.5 Å². The van der Waals surface area contributed by atoms with Crippen LogP contribution in [0, 0.1) is 0 Å². The Balaban J connectivity index is 1.79. The third-order valence-corrected chi connectivity index (χ3v) is 3.84. The van der Waals surface area contributed by atoms with E-state index < -0.39 is 6.10 Å². The van der Waals surface area contributed by atoms with Gasteiger partial charge in [0, 0.05) is 13.2 Å². The Hall–Kier alpha value is -1.61. The highest BCUT2D eigenvalue weighted by molar-refractivity contribution is 5.31. The summed E-state index contributed by atoms with van der Waals surface area (Å²) >= 11 is 0. The summed E-state index contributed by atoms with van der Waals surface area (Å²) in [4.78, 5) is 0. The van der Waals surface area contributed by atoms with Gasteiger partial charge in [0.2, 0.25) is 0 Å². The molecule has 1 aliphatic carbocycles. The molecule has 18 heavy (non-hydrogen) atoms. The van der Waals surface area contributed by atoms with E-state index in [-0.39, 0.29) is 0 Å². The van der Waals surface area contributed by atoms with Crippen LogP contribution in [-0.2, 0) is 7.05 Å². The van der Waals surface area contributed by atoms with Crippen molar-refractivity contribution in [1.29, 1.82) is 0 Å². The van der Waals surface area contributed by atoms with Crippen molar-refractivity contribution < 1.29 is 5.11 Å². The van der Waals surface area contributed by atoms with Crippen molar-refractivity contribution in [3.8, 4) is 0 Å². The van der Waals surface area contributed by atoms with E-state index in [1.807, 2.05) is 31.4 Å². The highest BCUT2D eigenvalue weighted by Crippen LogP contribution is 2.36. The van der Waals surface area contributed by atoms with Gasteiger partial charge < -0.3 is 5.11 Å². The van der Waals surface area contributed by atoms with Gasteiger partial charge in [-0.2, -0.15) is 5.10 Å². The molecule has 0 amide bonds. The van der Waals surface area contributed by atoms with Crippen molar-refractivity contribution >= 4 is 0 Å². The summed E-state index contributed by atoms with van der Waals surface area (Å²) in [6.45, 7) is 0. The molecule has 0 aliphatic heterocycles. The lowest BCUT2D eigenvalue weighted by molar-refractivity contribution is 0.214. The fraction of sp³-hybridized carbons (Fsp3) is 0.400. The Morgan fingerprint density at radius 3 is 2.44 bits per heavy atom. The molecule has 1 aliphatic rings. The van der Waals surface area contributed by atoms with Crippen LogP contribution in [0.2, 0.25) is 0 Å². The first-order valence-corrected chi connectivity index (χ1v) is 6.51. The summed E-state index contributed by atoms with van der Waals surface area (Å²) in [6, 6.07) is 10.2. The summed E-state index contributed by atoms with van der Waals surface area (Å²) in [5.74, 6) is 0.742. The molecule has 3 rings (SSSR count). The lowest BCUT2D eigenvalue weighted by Crippen LogP contribution is -2.09. The zero-order valence-corrected chi connectivity index (χ0v) is 10.6. The minimum Gasteiger partial charge on any atom is -0.382 e. The second kappa shape index (κ2) is 4.58. The van der Waals surface area contributed by atoms with E-state index in [9.17, 15) is 5.11 Å². The molecule has 1 heterocycles. The van der Waals surface area contributed by atoms with Gasteiger partial charge >= 0.3 is 0 Å². The number of benzene rings is 1. The van der Waals surface area contributed by atoms with E-state index in [2.05, 4.69) is 17.2 Å². The summed E-state index contributed by atoms with van der Waals surface area (Å²) in [5.41, 5.74) is 3.02. The monoisotopic (exact) mass is 242 g/mol. The van der Waals surface area contributed by atoms with Crippen LogP contribution in [0.15, 0.2) is 36.5 Å². The van der Waals surface area contributed by atoms with Crippen LogP contribution in [0.3, 0.4) is 0 Å². The molecule has 1 saturated carbocycles. The number of nitrogens with zero attached hydrogens (tertiary/aromatic N) is 2. The van der Waals surface area contributed by atoms with Crippen LogP contribution in [-0.4, -0.2) is 14.9 Å². The number of rotatable bonds is 3. The predicted octanol–water partition coefficient (Wildman–Crippen LogP) is 2.77. The standard InChI is InChI=1S/C15H18N2O/c1-17-10-9-14(16-17)15(18)13-7-5-12(6-8-13)11-3-2-4-11/h5-11,15,18H,2-4H2,1H3. The fourth-order valence-electron chi connectivity index (χ4n) is 2.44. The smallest absolute Gasteiger partial charge is 0.123 e. The molecule has 1 atom stereocenters. The average Bonchev–Trinajstić information content (AvgIpc) is 2.74. The minimum atomic E-state index is -0.623. The van der Waals surface area contributed by atoms with Gasteiger partial charge in [0.1, 0.15) is 6.10 Å². The maximum atomic E-state index is 10.2. The molecule has 1 aromatic carbocycles. The first-order valence-electron chi connectivity index (χ1n) is 6.51. The second-order valence-electron chi connectivity index (χ2n) is 5.11. The molecule has 1 aromatic heterocycles. The van der Waals surface area contributed by atoms with Crippen LogP contribution >= 0.6 is 0 Å². The molecule has 0 spiro atoms. The predicted molar refractivity (Wildman–Crippen MR) is 70.3 cm³/mol. The lowest BCUT2D eigenvalue weighted by atomic mass is 9.80. The third kappa shape index (κ3) is 2.06. The molecule has 94 valence electrons. The molecular weight excluding hydrogens is 224 g/mol. The van der Waals surface area contributed by atoms with Gasteiger partial charge in [-0.25, -0.2) is 0 Å². The summed E-state index contributed by atoms with van der Waals surface area (Å²) in [6.07, 6.45) is 5.19. The molecule has 1 unspecified atom stereocenters. The summed E-state index contributed by atoms with van der Waals surface area (Å²) in [5, 5.41) is 14.5. The van der Waals surface area contributed by atoms with Crippen LogP contribution in [0.25, 0.3) is 0 Å². The Bertz CT molecular complexity index is 526. The van der Waals surface area contributed by atoms with Crippen LogP contribution in [0.5, 0.6) is 0 Å². The Morgan fingerprint density at radius 2 is 1.94 bits per heavy atom. The molecule has 0 radical (unpaired) electrons. The molecule has 2 aromatic rings. The van der Waals surface area contributed by atoms with Gasteiger partial charge in [-0.05, 0) is 36.0 Å². The van der Waals surface area contributed by atoms with Gasteiger partial charge in [0.15, 0.2) is 0 Å². The quantitative estimate of drug-likeness (QED) is 0.898. The first kappa shape index (κ1) is 11.5. The van der Waals surface area contributed by atoms with Crippen LogP contribution in [0.4, 0.5) is 0 Å². The number of aromatic nitrogens is 2. The molecular formula is C15H18N2O. The number of aliphatic hydroxyl groups is 1. The van der Waals surface area contributed by atoms with Gasteiger partial charge in [0.05, 0.1) is 5.69 Å². The zero-order chi connectivity index (χ0) is 12.5. The number of hydrogen-bond donors (Lipinski definition) is 1. The van der Waals surface area contributed by atoms with Gasteiger partial charge in [-0.3, -0.25) is 4.68 Å². The third-order valence-electron chi connectivity index (χ3n) is 3.84. The number of aliphatic hydroxyl groups excluding tert-OH is 1. The molecule has 0 bridgehead atoms. The highest BCUT2D eigenvalue weighted by Gasteiger charge is 2.20. The normalized spacial score (nSPS) is 17.4. The van der Waals surface area contributed by atoms with Crippen molar-refractivity contribution in [3.63, 3.8) is 0 Å². The van der Waals surface area contributed by atoms with Crippen molar-refractivity contribution in [3.05, 3.63) is 53.3 Å². The molecule has 1 N–H and O–H groups in total. The van der Waals surface area contributed by atoms with E-state index in [4.69, 9.17) is 0 Å². The Morgan fingerprint density at radius 1 is 1.22 bits per heavy atom. The van der Waals surface area contributed by atoms with Gasteiger partial charge in [-0.1, -0.05) is 30.7 Å².